The summed E-state index contributed by atoms with van der Waals surface area (Å²) in [5.41, 5.74) is 0.276. The van der Waals surface area contributed by atoms with E-state index < -0.39 is 17.9 Å². The zero-order valence-corrected chi connectivity index (χ0v) is 16.6. The van der Waals surface area contributed by atoms with Gasteiger partial charge in [0.2, 0.25) is 5.91 Å². The van der Waals surface area contributed by atoms with E-state index in [1.54, 1.807) is 24.3 Å². The second-order valence-electron chi connectivity index (χ2n) is 6.02. The summed E-state index contributed by atoms with van der Waals surface area (Å²) < 4.78 is 5.13. The Morgan fingerprint density at radius 1 is 1.41 bits per heavy atom. The second-order valence-corrected chi connectivity index (χ2v) is 6.81. The highest BCUT2D eigenvalue weighted by molar-refractivity contribution is 7.80. The lowest BCUT2D eigenvalue weighted by Gasteiger charge is -2.36. The SMILES string of the molecule is CCCCOC(=O)CC1C(=O)NCCN1C(=S)NC(=O)c1ccccc1Cl. The van der Waals surface area contributed by atoms with Gasteiger partial charge in [-0.05, 0) is 30.8 Å². The Kier molecular flexibility index (Phi) is 7.99. The van der Waals surface area contributed by atoms with E-state index in [-0.39, 0.29) is 23.0 Å². The van der Waals surface area contributed by atoms with Crippen LogP contribution in [0.5, 0.6) is 0 Å². The molecule has 1 aromatic carbocycles. The van der Waals surface area contributed by atoms with Gasteiger partial charge in [-0.1, -0.05) is 37.1 Å². The first-order chi connectivity index (χ1) is 12.9. The third-order valence-electron chi connectivity index (χ3n) is 4.05. The van der Waals surface area contributed by atoms with Gasteiger partial charge < -0.3 is 15.0 Å². The van der Waals surface area contributed by atoms with E-state index in [1.807, 2.05) is 6.92 Å². The summed E-state index contributed by atoms with van der Waals surface area (Å²) >= 11 is 11.3. The lowest BCUT2D eigenvalue weighted by Crippen LogP contribution is -2.60. The maximum Gasteiger partial charge on any atom is 0.308 e. The molecule has 2 N–H and O–H groups in total. The summed E-state index contributed by atoms with van der Waals surface area (Å²) in [6.07, 6.45) is 1.53. The van der Waals surface area contributed by atoms with Crippen molar-refractivity contribution in [2.75, 3.05) is 19.7 Å². The van der Waals surface area contributed by atoms with Gasteiger partial charge in [0, 0.05) is 13.1 Å². The van der Waals surface area contributed by atoms with Crippen molar-refractivity contribution in [3.05, 3.63) is 34.9 Å². The first-order valence-corrected chi connectivity index (χ1v) is 9.52. The van der Waals surface area contributed by atoms with Crippen LogP contribution < -0.4 is 10.6 Å². The van der Waals surface area contributed by atoms with E-state index in [0.717, 1.165) is 12.8 Å². The number of halogens is 1. The number of amides is 2. The number of nitrogens with one attached hydrogen (secondary N) is 2. The molecule has 9 heteroatoms. The van der Waals surface area contributed by atoms with E-state index in [0.29, 0.717) is 24.7 Å². The summed E-state index contributed by atoms with van der Waals surface area (Å²) in [4.78, 5) is 38.2. The minimum absolute atomic E-state index is 0.0705. The molecule has 0 aromatic heterocycles. The Bertz CT molecular complexity index is 728. The molecule has 0 saturated carbocycles. The predicted octanol–water partition coefficient (Wildman–Crippen LogP) is 1.89. The van der Waals surface area contributed by atoms with Crippen molar-refractivity contribution in [3.8, 4) is 0 Å². The summed E-state index contributed by atoms with van der Waals surface area (Å²) in [6, 6.07) is 5.75. The average molecular weight is 412 g/mol. The molecule has 2 rings (SSSR count). The topological polar surface area (TPSA) is 87.7 Å². The van der Waals surface area contributed by atoms with Crippen LogP contribution in [0.2, 0.25) is 5.02 Å². The standard InChI is InChI=1S/C18H22ClN3O4S/c1-2-3-10-26-15(23)11-14-17(25)20-8-9-22(14)18(27)21-16(24)12-6-4-5-7-13(12)19/h4-7,14H,2-3,8-11H2,1H3,(H,20,25)(H,21,24,27). The molecule has 1 atom stereocenters. The van der Waals surface area contributed by atoms with Crippen molar-refractivity contribution in [2.45, 2.75) is 32.2 Å². The second kappa shape index (κ2) is 10.2. The van der Waals surface area contributed by atoms with Gasteiger partial charge >= 0.3 is 5.97 Å². The van der Waals surface area contributed by atoms with Gasteiger partial charge in [0.15, 0.2) is 5.11 Å². The van der Waals surface area contributed by atoms with E-state index in [9.17, 15) is 14.4 Å². The number of rotatable bonds is 6. The van der Waals surface area contributed by atoms with Crippen LogP contribution in [0.15, 0.2) is 24.3 Å². The third kappa shape index (κ3) is 5.90. The van der Waals surface area contributed by atoms with Crippen molar-refractivity contribution in [2.24, 2.45) is 0 Å². The summed E-state index contributed by atoms with van der Waals surface area (Å²) in [5.74, 6) is -1.28. The molecule has 2 amide bonds. The van der Waals surface area contributed by atoms with E-state index in [1.165, 1.54) is 4.90 Å². The Labute approximate surface area is 168 Å². The lowest BCUT2D eigenvalue weighted by atomic mass is 10.1. The van der Waals surface area contributed by atoms with E-state index in [4.69, 9.17) is 28.6 Å². The quantitative estimate of drug-likeness (QED) is 0.422. The molecule has 1 aliphatic rings. The van der Waals surface area contributed by atoms with Crippen molar-refractivity contribution < 1.29 is 19.1 Å². The van der Waals surface area contributed by atoms with Crippen molar-refractivity contribution >= 4 is 46.7 Å². The highest BCUT2D eigenvalue weighted by atomic mass is 35.5. The molecule has 146 valence electrons. The first kappa shape index (κ1) is 21.1. The molecule has 7 nitrogen and oxygen atoms in total. The largest absolute Gasteiger partial charge is 0.466 e. The molecular formula is C18H22ClN3O4S. The van der Waals surface area contributed by atoms with Gasteiger partial charge in [-0.3, -0.25) is 19.7 Å². The minimum Gasteiger partial charge on any atom is -0.466 e. The van der Waals surface area contributed by atoms with Crippen LogP contribution >= 0.6 is 23.8 Å². The number of carbonyl (C=O) groups is 3. The summed E-state index contributed by atoms with van der Waals surface area (Å²) in [7, 11) is 0. The van der Waals surface area contributed by atoms with Gasteiger partial charge in [-0.15, -0.1) is 0 Å². The van der Waals surface area contributed by atoms with E-state index >= 15 is 0 Å². The number of esters is 1. The molecule has 0 bridgehead atoms. The molecule has 0 aliphatic carbocycles. The first-order valence-electron chi connectivity index (χ1n) is 8.73. The average Bonchev–Trinajstić information content (AvgIpc) is 2.63. The maximum absolute atomic E-state index is 12.4. The third-order valence-corrected chi connectivity index (χ3v) is 4.72. The number of nitrogens with zero attached hydrogens (tertiary/aromatic N) is 1. The monoisotopic (exact) mass is 411 g/mol. The van der Waals surface area contributed by atoms with Gasteiger partial charge in [-0.2, -0.15) is 0 Å². The fourth-order valence-electron chi connectivity index (χ4n) is 2.59. The highest BCUT2D eigenvalue weighted by Gasteiger charge is 2.34. The van der Waals surface area contributed by atoms with Gasteiger partial charge in [0.05, 0.1) is 23.6 Å². The summed E-state index contributed by atoms with van der Waals surface area (Å²) in [5, 5.41) is 5.65. The smallest absolute Gasteiger partial charge is 0.308 e. The molecule has 1 unspecified atom stereocenters. The molecule has 27 heavy (non-hydrogen) atoms. The fraction of sp³-hybridized carbons (Fsp3) is 0.444. The Morgan fingerprint density at radius 2 is 2.15 bits per heavy atom. The van der Waals surface area contributed by atoms with Crippen molar-refractivity contribution in [1.29, 1.82) is 0 Å². The zero-order chi connectivity index (χ0) is 19.8. The van der Waals surface area contributed by atoms with Crippen LogP contribution in [0.3, 0.4) is 0 Å². The highest BCUT2D eigenvalue weighted by Crippen LogP contribution is 2.16. The summed E-state index contributed by atoms with van der Waals surface area (Å²) in [6.45, 7) is 3.05. The van der Waals surface area contributed by atoms with Crippen LogP contribution in [-0.4, -0.2) is 53.5 Å². The molecule has 1 fully saturated rings. The Morgan fingerprint density at radius 3 is 2.85 bits per heavy atom. The van der Waals surface area contributed by atoms with E-state index in [2.05, 4.69) is 10.6 Å². The van der Waals surface area contributed by atoms with Gasteiger partial charge in [-0.25, -0.2) is 0 Å². The number of carbonyl (C=O) groups excluding carboxylic acids is 3. The van der Waals surface area contributed by atoms with Crippen LogP contribution in [0, 0.1) is 0 Å². The molecule has 1 saturated heterocycles. The Hall–Kier alpha value is -2.19. The Balaban J connectivity index is 2.03. The van der Waals surface area contributed by atoms with Crippen LogP contribution in [0.1, 0.15) is 36.5 Å². The van der Waals surface area contributed by atoms with Crippen LogP contribution in [-0.2, 0) is 14.3 Å². The van der Waals surface area contributed by atoms with Gasteiger partial charge in [0.1, 0.15) is 6.04 Å². The molecule has 1 aromatic rings. The number of piperazine rings is 1. The lowest BCUT2D eigenvalue weighted by molar-refractivity contribution is -0.147. The normalized spacial score (nSPS) is 16.4. The van der Waals surface area contributed by atoms with Crippen LogP contribution in [0.4, 0.5) is 0 Å². The number of hydrogen-bond acceptors (Lipinski definition) is 5. The zero-order valence-electron chi connectivity index (χ0n) is 15.0. The van der Waals surface area contributed by atoms with Crippen molar-refractivity contribution in [3.63, 3.8) is 0 Å². The van der Waals surface area contributed by atoms with Crippen LogP contribution in [0.25, 0.3) is 0 Å². The molecule has 0 radical (unpaired) electrons. The number of thiocarbonyl (C=S) groups is 1. The minimum atomic E-state index is -0.827. The predicted molar refractivity (Wildman–Crippen MR) is 106 cm³/mol. The van der Waals surface area contributed by atoms with Gasteiger partial charge in [0.25, 0.3) is 5.91 Å². The number of benzene rings is 1. The number of hydrogen-bond donors (Lipinski definition) is 2. The number of ether oxygens (including phenoxy) is 1. The maximum atomic E-state index is 12.4. The molecule has 1 heterocycles. The molecular weight excluding hydrogens is 390 g/mol. The number of unbranched alkanes of at least 4 members (excludes halogenated alkanes) is 1. The fourth-order valence-corrected chi connectivity index (χ4v) is 3.12. The van der Waals surface area contributed by atoms with Crippen molar-refractivity contribution in [1.82, 2.24) is 15.5 Å². The molecule has 0 spiro atoms. The molecule has 1 aliphatic heterocycles.